The number of ether oxygens (including phenoxy) is 1. The SMILES string of the molecule is CN(c1ccc([N+](=O)[O-])cn1)C1CCOCC1. The average Bonchev–Trinajstić information content (AvgIpc) is 2.39. The van der Waals surface area contributed by atoms with Crippen molar-refractivity contribution in [3.05, 3.63) is 28.4 Å². The Labute approximate surface area is 99.4 Å². The second-order valence-corrected chi connectivity index (χ2v) is 4.09. The van der Waals surface area contributed by atoms with E-state index < -0.39 is 4.92 Å². The first-order valence-electron chi connectivity index (χ1n) is 5.59. The highest BCUT2D eigenvalue weighted by Crippen LogP contribution is 2.20. The van der Waals surface area contributed by atoms with Crippen molar-refractivity contribution in [2.24, 2.45) is 0 Å². The standard InChI is InChI=1S/C11H15N3O3/c1-13(9-4-6-17-7-5-9)11-3-2-10(8-12-11)14(15)16/h2-3,8-9H,4-7H2,1H3. The van der Waals surface area contributed by atoms with Gasteiger partial charge in [0.1, 0.15) is 12.0 Å². The van der Waals surface area contributed by atoms with Crippen molar-refractivity contribution >= 4 is 11.5 Å². The fourth-order valence-corrected chi connectivity index (χ4v) is 1.95. The fraction of sp³-hybridized carbons (Fsp3) is 0.545. The molecule has 0 saturated carbocycles. The van der Waals surface area contributed by atoms with E-state index in [1.54, 1.807) is 6.07 Å². The fourth-order valence-electron chi connectivity index (χ4n) is 1.95. The molecule has 2 rings (SSSR count). The van der Waals surface area contributed by atoms with Crippen molar-refractivity contribution in [3.63, 3.8) is 0 Å². The minimum absolute atomic E-state index is 0.0223. The van der Waals surface area contributed by atoms with Gasteiger partial charge in [-0.25, -0.2) is 4.98 Å². The molecule has 0 unspecified atom stereocenters. The largest absolute Gasteiger partial charge is 0.381 e. The van der Waals surface area contributed by atoms with E-state index in [-0.39, 0.29) is 5.69 Å². The molecule has 6 heteroatoms. The Morgan fingerprint density at radius 2 is 2.18 bits per heavy atom. The number of nitrogens with zero attached hydrogens (tertiary/aromatic N) is 3. The summed E-state index contributed by atoms with van der Waals surface area (Å²) in [5.41, 5.74) is 0.0223. The predicted molar refractivity (Wildman–Crippen MR) is 63.1 cm³/mol. The van der Waals surface area contributed by atoms with Crippen LogP contribution in [0.25, 0.3) is 0 Å². The van der Waals surface area contributed by atoms with Crippen LogP contribution in [-0.2, 0) is 4.74 Å². The number of anilines is 1. The van der Waals surface area contributed by atoms with Gasteiger partial charge < -0.3 is 9.64 Å². The molecule has 0 amide bonds. The monoisotopic (exact) mass is 237 g/mol. The van der Waals surface area contributed by atoms with Gasteiger partial charge in [0.25, 0.3) is 5.69 Å². The van der Waals surface area contributed by atoms with Gasteiger partial charge in [0.05, 0.1) is 4.92 Å². The summed E-state index contributed by atoms with van der Waals surface area (Å²) in [7, 11) is 1.96. The molecule has 0 aliphatic carbocycles. The minimum Gasteiger partial charge on any atom is -0.381 e. The van der Waals surface area contributed by atoms with Gasteiger partial charge in [-0.15, -0.1) is 0 Å². The molecule has 1 aliphatic rings. The molecule has 0 N–H and O–H groups in total. The first-order chi connectivity index (χ1) is 8.18. The van der Waals surface area contributed by atoms with Crippen molar-refractivity contribution in [3.8, 4) is 0 Å². The average molecular weight is 237 g/mol. The summed E-state index contributed by atoms with van der Waals surface area (Å²) in [6, 6.07) is 3.57. The molecule has 1 fully saturated rings. The summed E-state index contributed by atoms with van der Waals surface area (Å²) in [6.45, 7) is 1.53. The zero-order valence-electron chi connectivity index (χ0n) is 9.70. The lowest BCUT2D eigenvalue weighted by Gasteiger charge is -2.31. The van der Waals surface area contributed by atoms with E-state index >= 15 is 0 Å². The van der Waals surface area contributed by atoms with Crippen LogP contribution < -0.4 is 4.90 Å². The maximum absolute atomic E-state index is 10.5. The maximum Gasteiger partial charge on any atom is 0.287 e. The van der Waals surface area contributed by atoms with E-state index in [0.717, 1.165) is 31.9 Å². The lowest BCUT2D eigenvalue weighted by atomic mass is 10.1. The summed E-state index contributed by atoms with van der Waals surface area (Å²) in [5, 5.41) is 10.5. The second-order valence-electron chi connectivity index (χ2n) is 4.09. The van der Waals surface area contributed by atoms with Crippen LogP contribution in [0, 0.1) is 10.1 Å². The van der Waals surface area contributed by atoms with E-state index in [0.29, 0.717) is 6.04 Å². The smallest absolute Gasteiger partial charge is 0.287 e. The molecule has 2 heterocycles. The quantitative estimate of drug-likeness (QED) is 0.590. The third kappa shape index (κ3) is 2.71. The number of rotatable bonds is 3. The van der Waals surface area contributed by atoms with Gasteiger partial charge in [0, 0.05) is 32.4 Å². The Morgan fingerprint density at radius 1 is 1.47 bits per heavy atom. The Balaban J connectivity index is 2.07. The van der Waals surface area contributed by atoms with E-state index in [9.17, 15) is 10.1 Å². The Kier molecular flexibility index (Phi) is 3.53. The molecule has 1 saturated heterocycles. The molecular formula is C11H15N3O3. The Hall–Kier alpha value is -1.69. The molecule has 17 heavy (non-hydrogen) atoms. The second kappa shape index (κ2) is 5.09. The highest BCUT2D eigenvalue weighted by Gasteiger charge is 2.19. The van der Waals surface area contributed by atoms with Crippen LogP contribution in [0.5, 0.6) is 0 Å². The van der Waals surface area contributed by atoms with Gasteiger partial charge >= 0.3 is 0 Å². The van der Waals surface area contributed by atoms with Crippen molar-refractivity contribution in [2.75, 3.05) is 25.2 Å². The van der Waals surface area contributed by atoms with Gasteiger partial charge in [-0.05, 0) is 18.9 Å². The van der Waals surface area contributed by atoms with Crippen LogP contribution >= 0.6 is 0 Å². The van der Waals surface area contributed by atoms with E-state index in [4.69, 9.17) is 4.74 Å². The van der Waals surface area contributed by atoms with Gasteiger partial charge in [-0.1, -0.05) is 0 Å². The Morgan fingerprint density at radius 3 is 2.71 bits per heavy atom. The highest BCUT2D eigenvalue weighted by atomic mass is 16.6. The third-order valence-electron chi connectivity index (χ3n) is 3.04. The van der Waals surface area contributed by atoms with Crippen LogP contribution in [-0.4, -0.2) is 36.2 Å². The van der Waals surface area contributed by atoms with Gasteiger partial charge in [0.2, 0.25) is 0 Å². The van der Waals surface area contributed by atoms with Crippen molar-refractivity contribution < 1.29 is 9.66 Å². The number of hydrogen-bond acceptors (Lipinski definition) is 5. The normalized spacial score (nSPS) is 16.8. The molecule has 0 atom stereocenters. The number of hydrogen-bond donors (Lipinski definition) is 0. The lowest BCUT2D eigenvalue weighted by Crippen LogP contribution is -2.37. The van der Waals surface area contributed by atoms with Crippen LogP contribution in [0.3, 0.4) is 0 Å². The van der Waals surface area contributed by atoms with Gasteiger partial charge in [0.15, 0.2) is 0 Å². The molecule has 0 aromatic carbocycles. The van der Waals surface area contributed by atoms with Crippen LogP contribution in [0.2, 0.25) is 0 Å². The summed E-state index contributed by atoms with van der Waals surface area (Å²) in [5.74, 6) is 0.766. The van der Waals surface area contributed by atoms with E-state index in [1.807, 2.05) is 7.05 Å². The predicted octanol–water partition coefficient (Wildman–Crippen LogP) is 1.60. The maximum atomic E-state index is 10.5. The molecule has 92 valence electrons. The first-order valence-corrected chi connectivity index (χ1v) is 5.59. The zero-order valence-corrected chi connectivity index (χ0v) is 9.70. The molecule has 0 radical (unpaired) electrons. The lowest BCUT2D eigenvalue weighted by molar-refractivity contribution is -0.385. The molecule has 1 aliphatic heterocycles. The third-order valence-corrected chi connectivity index (χ3v) is 3.04. The summed E-state index contributed by atoms with van der Waals surface area (Å²) >= 11 is 0. The number of nitro groups is 1. The van der Waals surface area contributed by atoms with Gasteiger partial charge in [-0.3, -0.25) is 10.1 Å². The van der Waals surface area contributed by atoms with E-state index in [1.165, 1.54) is 12.3 Å². The highest BCUT2D eigenvalue weighted by molar-refractivity contribution is 5.43. The summed E-state index contributed by atoms with van der Waals surface area (Å²) < 4.78 is 5.30. The molecular weight excluding hydrogens is 222 g/mol. The molecule has 0 bridgehead atoms. The van der Waals surface area contributed by atoms with Crippen molar-refractivity contribution in [1.29, 1.82) is 0 Å². The molecule has 0 spiro atoms. The topological polar surface area (TPSA) is 68.5 Å². The summed E-state index contributed by atoms with van der Waals surface area (Å²) in [6.07, 6.45) is 3.23. The van der Waals surface area contributed by atoms with E-state index in [2.05, 4.69) is 9.88 Å². The van der Waals surface area contributed by atoms with Crippen molar-refractivity contribution in [2.45, 2.75) is 18.9 Å². The molecule has 1 aromatic rings. The Bertz CT molecular complexity index is 387. The van der Waals surface area contributed by atoms with Crippen LogP contribution in [0.4, 0.5) is 11.5 Å². The summed E-state index contributed by atoms with van der Waals surface area (Å²) in [4.78, 5) is 16.3. The van der Waals surface area contributed by atoms with Crippen molar-refractivity contribution in [1.82, 2.24) is 4.98 Å². The minimum atomic E-state index is -0.439. The molecule has 6 nitrogen and oxygen atoms in total. The van der Waals surface area contributed by atoms with Crippen LogP contribution in [0.15, 0.2) is 18.3 Å². The van der Waals surface area contributed by atoms with Crippen LogP contribution in [0.1, 0.15) is 12.8 Å². The first kappa shape index (κ1) is 11.8. The molecule has 1 aromatic heterocycles. The van der Waals surface area contributed by atoms with Gasteiger partial charge in [-0.2, -0.15) is 0 Å². The number of pyridine rings is 1. The zero-order chi connectivity index (χ0) is 12.3. The number of aromatic nitrogens is 1.